The lowest BCUT2D eigenvalue weighted by Gasteiger charge is -2.10. The third-order valence-corrected chi connectivity index (χ3v) is 4.03. The Hall–Kier alpha value is -2.56. The number of aliphatic hydroxyl groups excluding tert-OH is 1. The van der Waals surface area contributed by atoms with Crippen molar-refractivity contribution in [1.29, 1.82) is 0 Å². The standard InChI is InChI=1S/C12H11BO.C9H13NO/c14-13(11-7-3-1-4-8-11)12-9-5-2-6-10-12;1-7(6-11)8-4-2-3-5-9(8)10/h1-10,14H;2-5,7,11H,6,10H2,1H3. The lowest BCUT2D eigenvalue weighted by Crippen LogP contribution is -2.41. The van der Waals surface area contributed by atoms with Crippen molar-refractivity contribution in [3.05, 3.63) is 90.5 Å². The summed E-state index contributed by atoms with van der Waals surface area (Å²) in [4.78, 5) is 0. The first-order valence-corrected chi connectivity index (χ1v) is 8.36. The summed E-state index contributed by atoms with van der Waals surface area (Å²) in [5.74, 6) is 0.135. The van der Waals surface area contributed by atoms with Crippen LogP contribution in [0.5, 0.6) is 0 Å². The number of rotatable bonds is 4. The molecule has 0 aliphatic carbocycles. The second-order valence-electron chi connectivity index (χ2n) is 5.94. The molecule has 0 aromatic heterocycles. The maximum absolute atomic E-state index is 9.99. The highest BCUT2D eigenvalue weighted by Gasteiger charge is 2.15. The fraction of sp³-hybridized carbons (Fsp3) is 0.143. The van der Waals surface area contributed by atoms with Gasteiger partial charge in [0, 0.05) is 18.2 Å². The number of benzene rings is 3. The van der Waals surface area contributed by atoms with Gasteiger partial charge in [-0.25, -0.2) is 0 Å². The van der Waals surface area contributed by atoms with E-state index in [0.29, 0.717) is 0 Å². The third kappa shape index (κ3) is 5.49. The van der Waals surface area contributed by atoms with Crippen LogP contribution in [0.2, 0.25) is 0 Å². The van der Waals surface area contributed by atoms with Gasteiger partial charge < -0.3 is 15.9 Å². The lowest BCUT2D eigenvalue weighted by atomic mass is 9.56. The van der Waals surface area contributed by atoms with Crippen molar-refractivity contribution in [2.75, 3.05) is 12.3 Å². The molecule has 0 aliphatic heterocycles. The molecule has 3 nitrogen and oxygen atoms in total. The predicted octanol–water partition coefficient (Wildman–Crippen LogP) is 2.15. The van der Waals surface area contributed by atoms with Gasteiger partial charge in [0.2, 0.25) is 0 Å². The largest absolute Gasteiger partial charge is 0.443 e. The van der Waals surface area contributed by atoms with Crippen molar-refractivity contribution in [2.45, 2.75) is 12.8 Å². The van der Waals surface area contributed by atoms with Crippen LogP contribution in [-0.4, -0.2) is 23.7 Å². The van der Waals surface area contributed by atoms with Crippen LogP contribution in [0.25, 0.3) is 0 Å². The van der Waals surface area contributed by atoms with Gasteiger partial charge in [0.05, 0.1) is 0 Å². The summed E-state index contributed by atoms with van der Waals surface area (Å²) < 4.78 is 0. The molecule has 0 amide bonds. The van der Waals surface area contributed by atoms with Crippen molar-refractivity contribution in [3.63, 3.8) is 0 Å². The highest BCUT2D eigenvalue weighted by Crippen LogP contribution is 2.20. The van der Waals surface area contributed by atoms with Gasteiger partial charge in [-0.3, -0.25) is 0 Å². The van der Waals surface area contributed by atoms with Crippen molar-refractivity contribution < 1.29 is 10.1 Å². The van der Waals surface area contributed by atoms with Crippen molar-refractivity contribution in [2.24, 2.45) is 0 Å². The molecule has 0 heterocycles. The molecule has 3 rings (SSSR count). The number of anilines is 1. The molecule has 128 valence electrons. The summed E-state index contributed by atoms with van der Waals surface area (Å²) in [5, 5.41) is 18.8. The molecule has 0 fully saturated rings. The van der Waals surface area contributed by atoms with Crippen LogP contribution in [0.1, 0.15) is 18.4 Å². The number of para-hydroxylation sites is 1. The van der Waals surface area contributed by atoms with Gasteiger partial charge in [0.25, 0.3) is 0 Å². The van der Waals surface area contributed by atoms with Crippen molar-refractivity contribution in [1.82, 2.24) is 0 Å². The van der Waals surface area contributed by atoms with Crippen LogP contribution in [-0.2, 0) is 0 Å². The number of nitrogens with two attached hydrogens (primary N) is 1. The third-order valence-electron chi connectivity index (χ3n) is 4.03. The van der Waals surface area contributed by atoms with Gasteiger partial charge in [-0.05, 0) is 22.6 Å². The van der Waals surface area contributed by atoms with Gasteiger partial charge in [-0.1, -0.05) is 85.8 Å². The number of nitrogen functional groups attached to an aromatic ring is 1. The molecule has 0 saturated carbocycles. The second-order valence-corrected chi connectivity index (χ2v) is 5.94. The topological polar surface area (TPSA) is 66.5 Å². The quantitative estimate of drug-likeness (QED) is 0.506. The van der Waals surface area contributed by atoms with Crippen LogP contribution in [0.4, 0.5) is 5.69 Å². The SMILES string of the molecule is CC(CO)c1ccccc1N.OB(c1ccccc1)c1ccccc1. The lowest BCUT2D eigenvalue weighted by molar-refractivity contribution is 0.273. The first kappa shape index (κ1) is 18.8. The minimum Gasteiger partial charge on any atom is -0.443 e. The molecule has 1 atom stereocenters. The van der Waals surface area contributed by atoms with Crippen molar-refractivity contribution >= 4 is 23.5 Å². The Bertz CT molecular complexity index is 711. The normalized spacial score (nSPS) is 11.2. The molecule has 0 saturated heterocycles. The molecule has 0 radical (unpaired) electrons. The minimum atomic E-state index is -0.516. The smallest absolute Gasteiger partial charge is 0.358 e. The Morgan fingerprint density at radius 1 is 0.800 bits per heavy atom. The van der Waals surface area contributed by atoms with Gasteiger partial charge in [0.1, 0.15) is 0 Å². The van der Waals surface area contributed by atoms with E-state index in [1.807, 2.05) is 91.9 Å². The Kier molecular flexibility index (Phi) is 7.26. The maximum atomic E-state index is 9.99. The molecule has 0 spiro atoms. The van der Waals surface area contributed by atoms with E-state index >= 15 is 0 Å². The van der Waals surface area contributed by atoms with E-state index in [1.165, 1.54) is 0 Å². The summed E-state index contributed by atoms with van der Waals surface area (Å²) in [6, 6.07) is 26.9. The van der Waals surface area contributed by atoms with E-state index < -0.39 is 6.92 Å². The summed E-state index contributed by atoms with van der Waals surface area (Å²) in [5.41, 5.74) is 9.33. The Morgan fingerprint density at radius 2 is 1.24 bits per heavy atom. The van der Waals surface area contributed by atoms with Crippen molar-refractivity contribution in [3.8, 4) is 0 Å². The van der Waals surface area contributed by atoms with E-state index in [2.05, 4.69) is 0 Å². The van der Waals surface area contributed by atoms with E-state index in [0.717, 1.165) is 22.2 Å². The molecule has 1 unspecified atom stereocenters. The number of hydrogen-bond acceptors (Lipinski definition) is 3. The van der Waals surface area contributed by atoms with Crippen LogP contribution in [0, 0.1) is 0 Å². The molecule has 4 heteroatoms. The zero-order valence-corrected chi connectivity index (χ0v) is 14.4. The fourth-order valence-electron chi connectivity index (χ4n) is 2.52. The Labute approximate surface area is 149 Å². The van der Waals surface area contributed by atoms with Gasteiger partial charge in [0.15, 0.2) is 0 Å². The van der Waals surface area contributed by atoms with Crippen LogP contribution in [0.3, 0.4) is 0 Å². The van der Waals surface area contributed by atoms with Crippen LogP contribution in [0.15, 0.2) is 84.9 Å². The zero-order valence-electron chi connectivity index (χ0n) is 14.4. The van der Waals surface area contributed by atoms with Crippen LogP contribution >= 0.6 is 0 Å². The number of hydrogen-bond donors (Lipinski definition) is 3. The summed E-state index contributed by atoms with van der Waals surface area (Å²) in [6.45, 7) is 1.58. The monoisotopic (exact) mass is 333 g/mol. The fourth-order valence-corrected chi connectivity index (χ4v) is 2.52. The summed E-state index contributed by atoms with van der Waals surface area (Å²) in [7, 11) is 0. The predicted molar refractivity (Wildman–Crippen MR) is 106 cm³/mol. The van der Waals surface area contributed by atoms with Gasteiger partial charge in [-0.15, -0.1) is 0 Å². The van der Waals surface area contributed by atoms with Gasteiger partial charge in [-0.2, -0.15) is 0 Å². The van der Waals surface area contributed by atoms with Gasteiger partial charge >= 0.3 is 6.92 Å². The molecular formula is C21H24BNO2. The summed E-state index contributed by atoms with van der Waals surface area (Å²) in [6.07, 6.45) is 0. The molecule has 3 aromatic rings. The summed E-state index contributed by atoms with van der Waals surface area (Å²) >= 11 is 0. The minimum absolute atomic E-state index is 0.135. The van der Waals surface area contributed by atoms with Crippen LogP contribution < -0.4 is 16.7 Å². The highest BCUT2D eigenvalue weighted by atomic mass is 16.3. The average molecular weight is 333 g/mol. The van der Waals surface area contributed by atoms with E-state index in [9.17, 15) is 5.02 Å². The Balaban J connectivity index is 0.000000186. The second kappa shape index (κ2) is 9.67. The average Bonchev–Trinajstić information content (AvgIpc) is 2.69. The molecule has 0 bridgehead atoms. The zero-order chi connectivity index (χ0) is 18.1. The first-order valence-electron chi connectivity index (χ1n) is 8.36. The molecule has 3 aromatic carbocycles. The first-order chi connectivity index (χ1) is 12.1. The molecule has 0 aliphatic rings. The number of aliphatic hydroxyl groups is 1. The van der Waals surface area contributed by atoms with E-state index in [-0.39, 0.29) is 12.5 Å². The van der Waals surface area contributed by atoms with E-state index in [1.54, 1.807) is 0 Å². The highest BCUT2D eigenvalue weighted by molar-refractivity contribution is 6.78. The molecular weight excluding hydrogens is 309 g/mol. The molecule has 25 heavy (non-hydrogen) atoms. The molecule has 4 N–H and O–H groups in total. The maximum Gasteiger partial charge on any atom is 0.358 e. The van der Waals surface area contributed by atoms with E-state index in [4.69, 9.17) is 10.8 Å². The Morgan fingerprint density at radius 3 is 1.68 bits per heavy atom.